The quantitative estimate of drug-likeness (QED) is 0.870. The van der Waals surface area contributed by atoms with Gasteiger partial charge in [-0.25, -0.2) is 13.1 Å². The third-order valence-electron chi connectivity index (χ3n) is 3.10. The first-order valence-corrected chi connectivity index (χ1v) is 9.38. The standard InChI is InChI=1S/C11H17NO3S3/c1-16-9-3-2-8(6-9)12-18(14,15)11-5-4-10(7-13)17-11/h4-5,8-9,12-13H,2-3,6-7H2,1H3. The zero-order valence-electron chi connectivity index (χ0n) is 10.1. The van der Waals surface area contributed by atoms with Gasteiger partial charge in [-0.1, -0.05) is 0 Å². The summed E-state index contributed by atoms with van der Waals surface area (Å²) in [7, 11) is -3.42. The van der Waals surface area contributed by atoms with Crippen molar-refractivity contribution in [3.05, 3.63) is 17.0 Å². The topological polar surface area (TPSA) is 66.4 Å². The van der Waals surface area contributed by atoms with E-state index < -0.39 is 10.0 Å². The molecule has 4 nitrogen and oxygen atoms in total. The number of aliphatic hydroxyl groups is 1. The van der Waals surface area contributed by atoms with Gasteiger partial charge in [0.05, 0.1) is 6.61 Å². The Labute approximate surface area is 116 Å². The second-order valence-electron chi connectivity index (χ2n) is 4.37. The summed E-state index contributed by atoms with van der Waals surface area (Å²) in [5, 5.41) is 9.52. The van der Waals surface area contributed by atoms with Crippen LogP contribution in [0.2, 0.25) is 0 Å². The number of sulfonamides is 1. The Bertz CT molecular complexity index is 497. The van der Waals surface area contributed by atoms with Gasteiger partial charge in [-0.05, 0) is 37.7 Å². The molecule has 0 saturated heterocycles. The van der Waals surface area contributed by atoms with E-state index in [2.05, 4.69) is 11.0 Å². The minimum absolute atomic E-state index is 0.0483. The number of nitrogens with one attached hydrogen (secondary N) is 1. The van der Waals surface area contributed by atoms with Crippen LogP contribution < -0.4 is 4.72 Å². The van der Waals surface area contributed by atoms with Crippen LogP contribution in [0, 0.1) is 0 Å². The molecule has 102 valence electrons. The smallest absolute Gasteiger partial charge is 0.250 e. The van der Waals surface area contributed by atoms with Crippen LogP contribution in [0.3, 0.4) is 0 Å². The first kappa shape index (κ1) is 14.3. The minimum atomic E-state index is -3.42. The Morgan fingerprint density at radius 2 is 2.28 bits per heavy atom. The summed E-state index contributed by atoms with van der Waals surface area (Å²) in [5.74, 6) is 0. The molecule has 1 aromatic rings. The lowest BCUT2D eigenvalue weighted by molar-refractivity contribution is 0.285. The molecule has 0 bridgehead atoms. The molecule has 0 aromatic carbocycles. The van der Waals surface area contributed by atoms with Crippen molar-refractivity contribution in [2.24, 2.45) is 0 Å². The lowest BCUT2D eigenvalue weighted by atomic mass is 10.3. The highest BCUT2D eigenvalue weighted by molar-refractivity contribution is 7.99. The summed E-state index contributed by atoms with van der Waals surface area (Å²) in [6.07, 6.45) is 4.94. The highest BCUT2D eigenvalue weighted by atomic mass is 32.2. The average Bonchev–Trinajstić information content (AvgIpc) is 2.96. The molecule has 1 aliphatic rings. The van der Waals surface area contributed by atoms with Gasteiger partial charge in [0.1, 0.15) is 4.21 Å². The van der Waals surface area contributed by atoms with Crippen LogP contribution in [0.1, 0.15) is 24.1 Å². The van der Waals surface area contributed by atoms with Gasteiger partial charge in [-0.2, -0.15) is 11.8 Å². The molecule has 1 aromatic heterocycles. The van der Waals surface area contributed by atoms with Gasteiger partial charge in [-0.3, -0.25) is 0 Å². The van der Waals surface area contributed by atoms with Crippen molar-refractivity contribution in [3.8, 4) is 0 Å². The molecule has 0 spiro atoms. The number of thiophene rings is 1. The normalized spacial score (nSPS) is 24.6. The third-order valence-corrected chi connectivity index (χ3v) is 7.27. The van der Waals surface area contributed by atoms with Crippen molar-refractivity contribution < 1.29 is 13.5 Å². The van der Waals surface area contributed by atoms with Gasteiger partial charge in [0.25, 0.3) is 0 Å². The van der Waals surface area contributed by atoms with Crippen molar-refractivity contribution in [2.75, 3.05) is 6.26 Å². The number of thioether (sulfide) groups is 1. The molecular weight excluding hydrogens is 290 g/mol. The lowest BCUT2D eigenvalue weighted by Crippen LogP contribution is -2.32. The highest BCUT2D eigenvalue weighted by Crippen LogP contribution is 2.30. The van der Waals surface area contributed by atoms with Crippen molar-refractivity contribution in [3.63, 3.8) is 0 Å². The Morgan fingerprint density at radius 3 is 2.83 bits per heavy atom. The third kappa shape index (κ3) is 3.27. The fourth-order valence-corrected chi connectivity index (χ4v) is 5.44. The predicted molar refractivity (Wildman–Crippen MR) is 75.5 cm³/mol. The number of rotatable bonds is 5. The number of hydrogen-bond acceptors (Lipinski definition) is 5. The van der Waals surface area contributed by atoms with E-state index in [4.69, 9.17) is 5.11 Å². The molecule has 7 heteroatoms. The van der Waals surface area contributed by atoms with Gasteiger partial charge >= 0.3 is 0 Å². The molecule has 2 atom stereocenters. The molecule has 1 aliphatic carbocycles. The summed E-state index contributed by atoms with van der Waals surface area (Å²) in [4.78, 5) is 0.670. The van der Waals surface area contributed by atoms with Crippen LogP contribution in [0.4, 0.5) is 0 Å². The van der Waals surface area contributed by atoms with E-state index in [1.54, 1.807) is 23.9 Å². The van der Waals surface area contributed by atoms with E-state index in [0.717, 1.165) is 30.6 Å². The van der Waals surface area contributed by atoms with Crippen molar-refractivity contribution >= 4 is 33.1 Å². The second kappa shape index (κ2) is 5.92. The van der Waals surface area contributed by atoms with Crippen LogP contribution >= 0.6 is 23.1 Å². The first-order valence-electron chi connectivity index (χ1n) is 5.80. The van der Waals surface area contributed by atoms with Gasteiger partial charge in [0.15, 0.2) is 0 Å². The Balaban J connectivity index is 2.03. The van der Waals surface area contributed by atoms with E-state index in [-0.39, 0.29) is 12.6 Å². The first-order chi connectivity index (χ1) is 8.55. The van der Waals surface area contributed by atoms with Gasteiger partial charge in [-0.15, -0.1) is 11.3 Å². The maximum absolute atomic E-state index is 12.1. The SMILES string of the molecule is CSC1CCC(NS(=O)(=O)c2ccc(CO)s2)C1. The second-order valence-corrected chi connectivity index (χ2v) is 8.62. The van der Waals surface area contributed by atoms with Crippen molar-refractivity contribution in [1.29, 1.82) is 0 Å². The summed E-state index contributed by atoms with van der Waals surface area (Å²) < 4.78 is 27.3. The van der Waals surface area contributed by atoms with E-state index in [9.17, 15) is 8.42 Å². The summed E-state index contributed by atoms with van der Waals surface area (Å²) in [6.45, 7) is -0.113. The summed E-state index contributed by atoms with van der Waals surface area (Å²) in [6, 6.07) is 3.25. The van der Waals surface area contributed by atoms with E-state index >= 15 is 0 Å². The maximum atomic E-state index is 12.1. The molecule has 18 heavy (non-hydrogen) atoms. The Kier molecular flexibility index (Phi) is 4.71. The Hall–Kier alpha value is -0.0800. The highest BCUT2D eigenvalue weighted by Gasteiger charge is 2.28. The molecule has 1 heterocycles. The lowest BCUT2D eigenvalue weighted by Gasteiger charge is -2.12. The van der Waals surface area contributed by atoms with Crippen LogP contribution in [-0.2, 0) is 16.6 Å². The molecule has 2 N–H and O–H groups in total. The average molecular weight is 307 g/mol. The molecule has 2 unspecified atom stereocenters. The molecule has 0 radical (unpaired) electrons. The molecular formula is C11H17NO3S3. The monoisotopic (exact) mass is 307 g/mol. The van der Waals surface area contributed by atoms with Crippen molar-refractivity contribution in [2.45, 2.75) is 41.4 Å². The van der Waals surface area contributed by atoms with E-state index in [0.29, 0.717) is 14.3 Å². The summed E-state index contributed by atoms with van der Waals surface area (Å²) >= 11 is 2.92. The zero-order valence-corrected chi connectivity index (χ0v) is 12.6. The summed E-state index contributed by atoms with van der Waals surface area (Å²) in [5.41, 5.74) is 0. The zero-order chi connectivity index (χ0) is 13.2. The Morgan fingerprint density at radius 1 is 1.50 bits per heavy atom. The van der Waals surface area contributed by atoms with Gasteiger partial charge in [0.2, 0.25) is 10.0 Å². The molecule has 1 fully saturated rings. The van der Waals surface area contributed by atoms with Crippen LogP contribution in [-0.4, -0.2) is 31.1 Å². The van der Waals surface area contributed by atoms with E-state index in [1.165, 1.54) is 0 Å². The minimum Gasteiger partial charge on any atom is -0.391 e. The van der Waals surface area contributed by atoms with Crippen LogP contribution in [0.15, 0.2) is 16.3 Å². The largest absolute Gasteiger partial charge is 0.391 e. The van der Waals surface area contributed by atoms with Crippen molar-refractivity contribution in [1.82, 2.24) is 4.72 Å². The van der Waals surface area contributed by atoms with Gasteiger partial charge < -0.3 is 5.11 Å². The van der Waals surface area contributed by atoms with Gasteiger partial charge in [0, 0.05) is 16.2 Å². The molecule has 0 amide bonds. The maximum Gasteiger partial charge on any atom is 0.250 e. The fraction of sp³-hybridized carbons (Fsp3) is 0.636. The van der Waals surface area contributed by atoms with Crippen LogP contribution in [0.25, 0.3) is 0 Å². The molecule has 1 saturated carbocycles. The number of aliphatic hydroxyl groups excluding tert-OH is 1. The van der Waals surface area contributed by atoms with E-state index in [1.807, 2.05) is 0 Å². The molecule has 0 aliphatic heterocycles. The van der Waals surface area contributed by atoms with Crippen LogP contribution in [0.5, 0.6) is 0 Å². The predicted octanol–water partition coefficient (Wildman–Crippen LogP) is 1.80. The fourth-order valence-electron chi connectivity index (χ4n) is 2.13. The number of hydrogen-bond donors (Lipinski definition) is 2. The molecule has 2 rings (SSSR count).